The average molecular weight is 85.1 g/mol. The predicted octanol–water partition coefficient (Wildman–Crippen LogP) is 1.05. The van der Waals surface area contributed by atoms with Gasteiger partial charge in [0.2, 0.25) is 0 Å². The molecule has 6 heavy (non-hydrogen) atoms. The second-order valence-electron chi connectivity index (χ2n) is 1.51. The summed E-state index contributed by atoms with van der Waals surface area (Å²) < 4.78 is 0. The standard InChI is InChI=1S/C5H9O/c1-4(2)5(3)6/h4H,1H2,2-3H3. The summed E-state index contributed by atoms with van der Waals surface area (Å²) >= 11 is 0. The molecule has 0 saturated heterocycles. The zero-order chi connectivity index (χ0) is 5.15. The Balaban J connectivity index is 3.26. The second kappa shape index (κ2) is 1.96. The van der Waals surface area contributed by atoms with Crippen LogP contribution in [0.5, 0.6) is 0 Å². The monoisotopic (exact) mass is 85.1 g/mol. The molecule has 0 spiro atoms. The van der Waals surface area contributed by atoms with Crippen molar-refractivity contribution >= 4 is 5.78 Å². The van der Waals surface area contributed by atoms with Crippen LogP contribution in [0.25, 0.3) is 0 Å². The number of carbonyl (C=O) groups excluding carboxylic acids is 1. The van der Waals surface area contributed by atoms with Crippen LogP contribution in [-0.2, 0) is 4.79 Å². The molecule has 1 radical (unpaired) electrons. The normalized spacial score (nSPS) is 9.33. The van der Waals surface area contributed by atoms with E-state index in [2.05, 4.69) is 6.92 Å². The zero-order valence-electron chi connectivity index (χ0n) is 4.19. The van der Waals surface area contributed by atoms with Gasteiger partial charge >= 0.3 is 0 Å². The van der Waals surface area contributed by atoms with Crippen LogP contribution >= 0.6 is 0 Å². The van der Waals surface area contributed by atoms with Crippen LogP contribution < -0.4 is 0 Å². The SMILES string of the molecule is [CH2]C(C)C(C)=O. The van der Waals surface area contributed by atoms with Crippen molar-refractivity contribution in [2.75, 3.05) is 0 Å². The molecule has 0 amide bonds. The van der Waals surface area contributed by atoms with Gasteiger partial charge in [0.05, 0.1) is 0 Å². The lowest BCUT2D eigenvalue weighted by Crippen LogP contribution is -1.99. The van der Waals surface area contributed by atoms with Crippen molar-refractivity contribution in [2.24, 2.45) is 5.92 Å². The maximum atomic E-state index is 10.1. The molecule has 0 aliphatic carbocycles. The quantitative estimate of drug-likeness (QED) is 0.465. The third-order valence-electron chi connectivity index (χ3n) is 0.694. The van der Waals surface area contributed by atoms with E-state index in [1.54, 1.807) is 6.92 Å². The smallest absolute Gasteiger partial charge is 0.132 e. The lowest BCUT2D eigenvalue weighted by Gasteiger charge is -1.90. The fraction of sp³-hybridized carbons (Fsp3) is 0.600. The maximum absolute atomic E-state index is 10.1. The highest BCUT2D eigenvalue weighted by molar-refractivity contribution is 5.78. The first-order valence-corrected chi connectivity index (χ1v) is 1.98. The molecule has 0 N–H and O–H groups in total. The Bertz CT molecular complexity index is 55.0. The van der Waals surface area contributed by atoms with Crippen molar-refractivity contribution in [1.82, 2.24) is 0 Å². The number of carbonyl (C=O) groups is 1. The van der Waals surface area contributed by atoms with Crippen LogP contribution in [0.15, 0.2) is 0 Å². The topological polar surface area (TPSA) is 17.1 Å². The van der Waals surface area contributed by atoms with Crippen LogP contribution in [0.2, 0.25) is 0 Å². The zero-order valence-corrected chi connectivity index (χ0v) is 4.19. The molecule has 0 heterocycles. The Hall–Kier alpha value is -0.330. The molecule has 0 aliphatic heterocycles. The van der Waals surface area contributed by atoms with Crippen molar-refractivity contribution in [3.05, 3.63) is 6.92 Å². The average Bonchev–Trinajstić information content (AvgIpc) is 1.36. The molecule has 0 aromatic heterocycles. The molecular weight excluding hydrogens is 76.1 g/mol. The molecule has 0 fully saturated rings. The number of Topliss-reactive ketones (excluding diaryl/α,β-unsaturated/α-hetero) is 1. The summed E-state index contributed by atoms with van der Waals surface area (Å²) in [6.07, 6.45) is 0. The number of ketones is 1. The van der Waals surface area contributed by atoms with E-state index in [-0.39, 0.29) is 11.7 Å². The summed E-state index contributed by atoms with van der Waals surface area (Å²) in [5.74, 6) is 0.111. The Kier molecular flexibility index (Phi) is 1.85. The van der Waals surface area contributed by atoms with Gasteiger partial charge in [-0.15, -0.1) is 0 Å². The van der Waals surface area contributed by atoms with Gasteiger partial charge in [-0.3, -0.25) is 4.79 Å². The highest BCUT2D eigenvalue weighted by Crippen LogP contribution is 1.88. The third kappa shape index (κ3) is 1.94. The van der Waals surface area contributed by atoms with Crippen LogP contribution in [0, 0.1) is 12.8 Å². The van der Waals surface area contributed by atoms with Gasteiger partial charge in [-0.25, -0.2) is 0 Å². The fourth-order valence-corrected chi connectivity index (χ4v) is 0. The van der Waals surface area contributed by atoms with E-state index in [0.717, 1.165) is 0 Å². The second-order valence-corrected chi connectivity index (χ2v) is 1.51. The van der Waals surface area contributed by atoms with Crippen LogP contribution in [0.1, 0.15) is 13.8 Å². The molecule has 0 aromatic rings. The van der Waals surface area contributed by atoms with Crippen LogP contribution in [0.3, 0.4) is 0 Å². The molecule has 1 atom stereocenters. The van der Waals surface area contributed by atoms with Crippen LogP contribution in [-0.4, -0.2) is 5.78 Å². The van der Waals surface area contributed by atoms with Gasteiger partial charge in [-0.05, 0) is 13.8 Å². The van der Waals surface area contributed by atoms with Gasteiger partial charge in [0, 0.05) is 5.92 Å². The molecule has 1 heteroatoms. The molecule has 0 aliphatic rings. The number of rotatable bonds is 1. The van der Waals surface area contributed by atoms with Crippen molar-refractivity contribution in [1.29, 1.82) is 0 Å². The van der Waals surface area contributed by atoms with Gasteiger partial charge in [0.15, 0.2) is 0 Å². The predicted molar refractivity (Wildman–Crippen MR) is 25.2 cm³/mol. The first-order valence-electron chi connectivity index (χ1n) is 1.98. The summed E-state index contributed by atoms with van der Waals surface area (Å²) in [6.45, 7) is 6.81. The Morgan fingerprint density at radius 3 is 2.00 bits per heavy atom. The van der Waals surface area contributed by atoms with Gasteiger partial charge in [0.1, 0.15) is 5.78 Å². The van der Waals surface area contributed by atoms with E-state index >= 15 is 0 Å². The van der Waals surface area contributed by atoms with E-state index in [1.165, 1.54) is 6.92 Å². The summed E-state index contributed by atoms with van der Waals surface area (Å²) in [5, 5.41) is 0. The van der Waals surface area contributed by atoms with E-state index < -0.39 is 0 Å². The van der Waals surface area contributed by atoms with Crippen molar-refractivity contribution in [3.63, 3.8) is 0 Å². The molecule has 1 nitrogen and oxygen atoms in total. The molecule has 0 bridgehead atoms. The van der Waals surface area contributed by atoms with Gasteiger partial charge < -0.3 is 0 Å². The molecular formula is C5H9O. The van der Waals surface area contributed by atoms with Crippen molar-refractivity contribution in [3.8, 4) is 0 Å². The fourth-order valence-electron chi connectivity index (χ4n) is 0. The number of hydrogen-bond acceptors (Lipinski definition) is 1. The van der Waals surface area contributed by atoms with Crippen molar-refractivity contribution in [2.45, 2.75) is 13.8 Å². The highest BCUT2D eigenvalue weighted by Gasteiger charge is 1.95. The minimum atomic E-state index is -0.0370. The van der Waals surface area contributed by atoms with Crippen molar-refractivity contribution < 1.29 is 4.79 Å². The minimum absolute atomic E-state index is 0.0370. The van der Waals surface area contributed by atoms with Crippen LogP contribution in [0.4, 0.5) is 0 Å². The largest absolute Gasteiger partial charge is 0.300 e. The van der Waals surface area contributed by atoms with E-state index in [1.807, 2.05) is 0 Å². The first-order chi connectivity index (χ1) is 2.64. The maximum Gasteiger partial charge on any atom is 0.132 e. The number of hydrogen-bond donors (Lipinski definition) is 0. The first kappa shape index (κ1) is 5.67. The van der Waals surface area contributed by atoms with Gasteiger partial charge in [0.25, 0.3) is 0 Å². The summed E-state index contributed by atoms with van der Waals surface area (Å²) in [6, 6.07) is 0. The molecule has 35 valence electrons. The van der Waals surface area contributed by atoms with Gasteiger partial charge in [-0.2, -0.15) is 0 Å². The Labute approximate surface area is 38.4 Å². The summed E-state index contributed by atoms with van der Waals surface area (Å²) in [7, 11) is 0. The molecule has 0 aromatic carbocycles. The Morgan fingerprint density at radius 1 is 1.83 bits per heavy atom. The van der Waals surface area contributed by atoms with Gasteiger partial charge in [-0.1, -0.05) is 6.92 Å². The highest BCUT2D eigenvalue weighted by atomic mass is 16.1. The minimum Gasteiger partial charge on any atom is -0.300 e. The van der Waals surface area contributed by atoms with E-state index in [9.17, 15) is 4.79 Å². The lowest BCUT2D eigenvalue weighted by molar-refractivity contribution is -0.119. The summed E-state index contributed by atoms with van der Waals surface area (Å²) in [5.41, 5.74) is 0. The molecule has 1 unspecified atom stereocenters. The lowest BCUT2D eigenvalue weighted by atomic mass is 10.1. The summed E-state index contributed by atoms with van der Waals surface area (Å²) in [4.78, 5) is 10.1. The Morgan fingerprint density at radius 2 is 2.00 bits per heavy atom. The molecule has 0 saturated carbocycles. The molecule has 0 rings (SSSR count). The van der Waals surface area contributed by atoms with E-state index in [4.69, 9.17) is 0 Å². The van der Waals surface area contributed by atoms with E-state index in [0.29, 0.717) is 0 Å². The third-order valence-corrected chi connectivity index (χ3v) is 0.694.